The van der Waals surface area contributed by atoms with Crippen molar-refractivity contribution in [1.29, 1.82) is 0 Å². The summed E-state index contributed by atoms with van der Waals surface area (Å²) in [5.41, 5.74) is 0.490. The second-order valence-electron chi connectivity index (χ2n) is 14.2. The van der Waals surface area contributed by atoms with Gasteiger partial charge in [-0.2, -0.15) is 5.10 Å². The Bertz CT molecular complexity index is 2110. The molecule has 0 radical (unpaired) electrons. The van der Waals surface area contributed by atoms with E-state index < -0.39 is 42.9 Å². The van der Waals surface area contributed by atoms with Crippen LogP contribution in [0.1, 0.15) is 36.7 Å². The topological polar surface area (TPSA) is 119 Å². The molecule has 1 N–H and O–H groups in total. The predicted molar refractivity (Wildman–Crippen MR) is 190 cm³/mol. The standard InChI is InChI=1S/C36H41F2N5O6Si/c1-36(2,3)49-35(46)43-31-11-9-27(47-4)15-24(31)16-32(43)28-17-26(21-41(34(28)45)22-48-12-13-50(5,6)7)40-33(44)25-18-39-42(20-25)19-23-8-10-29(37)30(38)14-23/h8-11,14-18,20-21H,12-13,19,22H2,1-7H3,(H,40,44). The summed E-state index contributed by atoms with van der Waals surface area (Å²) in [5, 5.41) is 7.65. The van der Waals surface area contributed by atoms with E-state index in [0.29, 0.717) is 28.8 Å². The number of anilines is 1. The molecule has 0 unspecified atom stereocenters. The first kappa shape index (κ1) is 36.2. The van der Waals surface area contributed by atoms with Gasteiger partial charge in [0.25, 0.3) is 11.5 Å². The molecule has 11 nitrogen and oxygen atoms in total. The maximum absolute atomic E-state index is 14.1. The predicted octanol–water partition coefficient (Wildman–Crippen LogP) is 7.35. The molecule has 0 saturated carbocycles. The second-order valence-corrected chi connectivity index (χ2v) is 19.8. The van der Waals surface area contributed by atoms with E-state index in [4.69, 9.17) is 14.2 Å². The largest absolute Gasteiger partial charge is 0.497 e. The highest BCUT2D eigenvalue weighted by Gasteiger charge is 2.25. The first-order valence-electron chi connectivity index (χ1n) is 16.0. The van der Waals surface area contributed by atoms with Gasteiger partial charge in [0.1, 0.15) is 18.1 Å². The van der Waals surface area contributed by atoms with Gasteiger partial charge >= 0.3 is 6.09 Å². The van der Waals surface area contributed by atoms with Crippen molar-refractivity contribution in [2.24, 2.45) is 0 Å². The summed E-state index contributed by atoms with van der Waals surface area (Å²) < 4.78 is 48.3. The number of nitrogens with zero attached hydrogens (tertiary/aromatic N) is 4. The maximum atomic E-state index is 14.1. The summed E-state index contributed by atoms with van der Waals surface area (Å²) in [5.74, 6) is -1.91. The van der Waals surface area contributed by atoms with Gasteiger partial charge in [-0.3, -0.25) is 18.8 Å². The van der Waals surface area contributed by atoms with Gasteiger partial charge in [-0.05, 0) is 74.8 Å². The number of fused-ring (bicyclic) bond motifs is 1. The third-order valence-corrected chi connectivity index (χ3v) is 9.36. The van der Waals surface area contributed by atoms with Crippen LogP contribution >= 0.6 is 0 Å². The van der Waals surface area contributed by atoms with Gasteiger partial charge in [-0.25, -0.2) is 18.1 Å². The minimum absolute atomic E-state index is 0.0906. The molecule has 5 aromatic rings. The molecule has 0 atom stereocenters. The molecule has 2 aromatic carbocycles. The number of hydrogen-bond donors (Lipinski definition) is 1. The van der Waals surface area contributed by atoms with Gasteiger partial charge in [0.05, 0.1) is 47.9 Å². The summed E-state index contributed by atoms with van der Waals surface area (Å²) in [6.45, 7) is 12.4. The number of ether oxygens (including phenoxy) is 3. The van der Waals surface area contributed by atoms with Gasteiger partial charge in [-0.1, -0.05) is 25.7 Å². The van der Waals surface area contributed by atoms with Crippen LogP contribution in [0.15, 0.2) is 71.9 Å². The summed E-state index contributed by atoms with van der Waals surface area (Å²) in [6.07, 6.45) is 3.61. The molecule has 0 saturated heterocycles. The minimum Gasteiger partial charge on any atom is -0.497 e. The van der Waals surface area contributed by atoms with E-state index in [0.717, 1.165) is 18.2 Å². The zero-order valence-electron chi connectivity index (χ0n) is 29.2. The van der Waals surface area contributed by atoms with Crippen LogP contribution in [0.2, 0.25) is 25.7 Å². The van der Waals surface area contributed by atoms with Crippen LogP contribution in [0.25, 0.3) is 22.2 Å². The Hall–Kier alpha value is -5.08. The number of rotatable bonds is 11. The van der Waals surface area contributed by atoms with E-state index in [9.17, 15) is 23.2 Å². The fraction of sp³-hybridized carbons (Fsp3) is 0.333. The van der Waals surface area contributed by atoms with E-state index in [1.54, 1.807) is 45.0 Å². The molecule has 0 aliphatic rings. The molecule has 264 valence electrons. The van der Waals surface area contributed by atoms with Crippen molar-refractivity contribution in [2.75, 3.05) is 19.0 Å². The van der Waals surface area contributed by atoms with E-state index in [1.165, 1.54) is 51.6 Å². The van der Waals surface area contributed by atoms with Crippen LogP contribution in [0.4, 0.5) is 19.3 Å². The van der Waals surface area contributed by atoms with Crippen molar-refractivity contribution >= 4 is 36.7 Å². The summed E-state index contributed by atoms with van der Waals surface area (Å²) in [6, 6.07) is 12.8. The molecule has 3 aromatic heterocycles. The maximum Gasteiger partial charge on any atom is 0.419 e. The molecule has 0 aliphatic carbocycles. The first-order chi connectivity index (χ1) is 23.5. The molecule has 3 heterocycles. The van der Waals surface area contributed by atoms with Gasteiger partial charge in [0.2, 0.25) is 0 Å². The second kappa shape index (κ2) is 14.4. The SMILES string of the molecule is COc1ccc2c(c1)cc(-c1cc(NC(=O)c3cnn(Cc4ccc(F)c(F)c4)c3)cn(COCC[Si](C)(C)C)c1=O)n2C(=O)OC(C)(C)C. The lowest BCUT2D eigenvalue weighted by Gasteiger charge is -2.21. The van der Waals surface area contributed by atoms with E-state index in [1.807, 2.05) is 0 Å². The number of amides is 1. The number of benzene rings is 2. The Morgan fingerprint density at radius 1 is 0.980 bits per heavy atom. The number of pyridine rings is 1. The van der Waals surface area contributed by atoms with E-state index in [-0.39, 0.29) is 35.8 Å². The number of carbonyl (C=O) groups excluding carboxylic acids is 2. The molecular formula is C36H41F2N5O6Si. The van der Waals surface area contributed by atoms with Crippen LogP contribution in [-0.4, -0.2) is 58.3 Å². The summed E-state index contributed by atoms with van der Waals surface area (Å²) in [4.78, 5) is 41.2. The van der Waals surface area contributed by atoms with E-state index in [2.05, 4.69) is 30.1 Å². The highest BCUT2D eigenvalue weighted by atomic mass is 28.3. The molecule has 0 aliphatic heterocycles. The molecule has 5 rings (SSSR count). The van der Waals surface area contributed by atoms with Gasteiger partial charge < -0.3 is 19.5 Å². The van der Waals surface area contributed by atoms with Crippen molar-refractivity contribution in [3.05, 3.63) is 100 Å². The third-order valence-electron chi connectivity index (χ3n) is 7.66. The van der Waals surface area contributed by atoms with Crippen molar-refractivity contribution < 1.29 is 32.6 Å². The lowest BCUT2D eigenvalue weighted by atomic mass is 10.1. The van der Waals surface area contributed by atoms with Crippen LogP contribution in [0, 0.1) is 11.6 Å². The highest BCUT2D eigenvalue weighted by molar-refractivity contribution is 6.76. The number of methoxy groups -OCH3 is 1. The summed E-state index contributed by atoms with van der Waals surface area (Å²) >= 11 is 0. The molecule has 0 spiro atoms. The Balaban J connectivity index is 1.54. The van der Waals surface area contributed by atoms with Crippen LogP contribution < -0.4 is 15.6 Å². The van der Waals surface area contributed by atoms with Crippen LogP contribution in [0.3, 0.4) is 0 Å². The average molecular weight is 706 g/mol. The molecule has 50 heavy (non-hydrogen) atoms. The molecule has 1 amide bonds. The minimum atomic E-state index is -1.42. The summed E-state index contributed by atoms with van der Waals surface area (Å²) in [7, 11) is 0.119. The smallest absolute Gasteiger partial charge is 0.419 e. The number of hydrogen-bond acceptors (Lipinski definition) is 7. The average Bonchev–Trinajstić information content (AvgIpc) is 3.65. The molecular weight excluding hydrogens is 665 g/mol. The van der Waals surface area contributed by atoms with Gasteiger partial charge in [-0.15, -0.1) is 0 Å². The Morgan fingerprint density at radius 3 is 2.42 bits per heavy atom. The van der Waals surface area contributed by atoms with Crippen molar-refractivity contribution in [2.45, 2.75) is 65.3 Å². The normalized spacial score (nSPS) is 11.9. The third kappa shape index (κ3) is 8.73. The van der Waals surface area contributed by atoms with Gasteiger partial charge in [0.15, 0.2) is 11.6 Å². The molecule has 14 heteroatoms. The lowest BCUT2D eigenvalue weighted by molar-refractivity contribution is 0.0547. The Labute approximate surface area is 289 Å². The molecule has 0 fully saturated rings. The number of halogens is 2. The fourth-order valence-corrected chi connectivity index (χ4v) is 5.90. The van der Waals surface area contributed by atoms with Gasteiger partial charge in [0, 0.05) is 32.5 Å². The molecule has 0 bridgehead atoms. The first-order valence-corrected chi connectivity index (χ1v) is 19.8. The van der Waals surface area contributed by atoms with Crippen LogP contribution in [-0.2, 0) is 22.7 Å². The zero-order valence-corrected chi connectivity index (χ0v) is 30.2. The van der Waals surface area contributed by atoms with Crippen molar-refractivity contribution in [3.8, 4) is 17.0 Å². The zero-order chi connectivity index (χ0) is 36.4. The monoisotopic (exact) mass is 705 g/mol. The number of carbonyl (C=O) groups is 2. The lowest BCUT2D eigenvalue weighted by Crippen LogP contribution is -2.29. The fourth-order valence-electron chi connectivity index (χ4n) is 5.14. The van der Waals surface area contributed by atoms with Crippen molar-refractivity contribution in [3.63, 3.8) is 0 Å². The number of aromatic nitrogens is 4. The van der Waals surface area contributed by atoms with E-state index >= 15 is 0 Å². The highest BCUT2D eigenvalue weighted by Crippen LogP contribution is 2.31. The quantitative estimate of drug-likeness (QED) is 0.113. The Morgan fingerprint density at radius 2 is 1.74 bits per heavy atom. The number of nitrogens with one attached hydrogen (secondary N) is 1. The van der Waals surface area contributed by atoms with Crippen molar-refractivity contribution in [1.82, 2.24) is 18.9 Å². The van der Waals surface area contributed by atoms with Crippen LogP contribution in [0.5, 0.6) is 5.75 Å². The Kier molecular flexibility index (Phi) is 10.4.